The van der Waals surface area contributed by atoms with Gasteiger partial charge in [0.25, 0.3) is 0 Å². The average molecular weight is 190 g/mol. The van der Waals surface area contributed by atoms with Gasteiger partial charge in [0.1, 0.15) is 0 Å². The van der Waals surface area contributed by atoms with E-state index in [1.54, 1.807) is 7.11 Å². The van der Waals surface area contributed by atoms with E-state index >= 15 is 0 Å². The maximum Gasteiger partial charge on any atom is 0.0572 e. The van der Waals surface area contributed by atoms with E-state index < -0.39 is 0 Å². The van der Waals surface area contributed by atoms with Crippen LogP contribution in [0.2, 0.25) is 0 Å². The average Bonchev–Trinajstić information content (AvgIpc) is 2.63. The van der Waals surface area contributed by atoms with Crippen LogP contribution in [-0.2, 0) is 11.3 Å². The van der Waals surface area contributed by atoms with Crippen LogP contribution < -0.4 is 5.48 Å². The summed E-state index contributed by atoms with van der Waals surface area (Å²) >= 11 is 0. The van der Waals surface area contributed by atoms with Crippen molar-refractivity contribution in [3.8, 4) is 0 Å². The third-order valence-corrected chi connectivity index (χ3v) is 2.32. The Morgan fingerprint density at radius 1 is 1.36 bits per heavy atom. The summed E-state index contributed by atoms with van der Waals surface area (Å²) in [4.78, 5) is 8.04. The van der Waals surface area contributed by atoms with Crippen LogP contribution in [0.5, 0.6) is 0 Å². The number of hydroxylamine groups is 1. The number of H-pyrrole nitrogens is 1. The number of nitrogens with one attached hydrogen (secondary N) is 2. The topological polar surface area (TPSA) is 37.0 Å². The van der Waals surface area contributed by atoms with Crippen molar-refractivity contribution in [1.82, 2.24) is 10.5 Å². The predicted molar refractivity (Wildman–Crippen MR) is 57.0 cm³/mol. The van der Waals surface area contributed by atoms with E-state index in [0.717, 1.165) is 13.0 Å². The van der Waals surface area contributed by atoms with Gasteiger partial charge in [-0.05, 0) is 18.1 Å². The molecule has 0 bridgehead atoms. The van der Waals surface area contributed by atoms with Crippen molar-refractivity contribution < 1.29 is 4.84 Å². The van der Waals surface area contributed by atoms with Crippen LogP contribution in [0.15, 0.2) is 30.5 Å². The maximum absolute atomic E-state index is 4.79. The lowest BCUT2D eigenvalue weighted by molar-refractivity contribution is 0.0928. The Hall–Kier alpha value is -1.32. The van der Waals surface area contributed by atoms with Gasteiger partial charge in [0.2, 0.25) is 0 Å². The molecule has 2 rings (SSSR count). The largest absolute Gasteiger partial charge is 0.361 e. The van der Waals surface area contributed by atoms with Crippen molar-refractivity contribution in [2.24, 2.45) is 0 Å². The van der Waals surface area contributed by atoms with Gasteiger partial charge in [0.15, 0.2) is 0 Å². The highest BCUT2D eigenvalue weighted by molar-refractivity contribution is 5.82. The Balaban J connectivity index is 2.17. The number of aromatic nitrogens is 1. The van der Waals surface area contributed by atoms with Crippen LogP contribution in [0.1, 0.15) is 5.56 Å². The van der Waals surface area contributed by atoms with E-state index in [2.05, 4.69) is 34.9 Å². The Bertz CT molecular complexity index is 408. The fourth-order valence-corrected chi connectivity index (χ4v) is 1.63. The fourth-order valence-electron chi connectivity index (χ4n) is 1.63. The van der Waals surface area contributed by atoms with Crippen LogP contribution >= 0.6 is 0 Å². The first kappa shape index (κ1) is 9.24. The molecule has 1 aromatic carbocycles. The molecule has 0 aliphatic carbocycles. The van der Waals surface area contributed by atoms with Gasteiger partial charge in [-0.1, -0.05) is 18.2 Å². The highest BCUT2D eigenvalue weighted by atomic mass is 16.6. The number of hydrogen-bond acceptors (Lipinski definition) is 2. The lowest BCUT2D eigenvalue weighted by Gasteiger charge is -2.00. The zero-order valence-corrected chi connectivity index (χ0v) is 8.21. The molecule has 0 saturated carbocycles. The molecular weight excluding hydrogens is 176 g/mol. The molecule has 0 spiro atoms. The summed E-state index contributed by atoms with van der Waals surface area (Å²) in [5.41, 5.74) is 5.36. The smallest absolute Gasteiger partial charge is 0.0572 e. The lowest BCUT2D eigenvalue weighted by atomic mass is 10.1. The van der Waals surface area contributed by atoms with E-state index in [1.807, 2.05) is 6.07 Å². The SMILES string of the molecule is CONCCc1c[nH]c2ccccc12. The zero-order valence-electron chi connectivity index (χ0n) is 8.21. The second-order valence-corrected chi connectivity index (χ2v) is 3.21. The van der Waals surface area contributed by atoms with E-state index in [-0.39, 0.29) is 0 Å². The Kier molecular flexibility index (Phi) is 2.81. The predicted octanol–water partition coefficient (Wildman–Crippen LogP) is 1.86. The number of aromatic amines is 1. The van der Waals surface area contributed by atoms with Crippen molar-refractivity contribution in [3.05, 3.63) is 36.0 Å². The van der Waals surface area contributed by atoms with Gasteiger partial charge in [0.05, 0.1) is 7.11 Å². The van der Waals surface area contributed by atoms with Crippen LogP contribution in [-0.4, -0.2) is 18.6 Å². The molecular formula is C11H14N2O. The molecule has 0 atom stereocenters. The van der Waals surface area contributed by atoms with Crippen molar-refractivity contribution >= 4 is 10.9 Å². The number of para-hydroxylation sites is 1. The molecule has 0 saturated heterocycles. The summed E-state index contributed by atoms with van der Waals surface area (Å²) in [5.74, 6) is 0. The zero-order chi connectivity index (χ0) is 9.80. The first-order valence-corrected chi connectivity index (χ1v) is 4.72. The minimum absolute atomic E-state index is 0.832. The molecule has 0 aliphatic heterocycles. The van der Waals surface area contributed by atoms with Crippen molar-refractivity contribution in [2.75, 3.05) is 13.7 Å². The molecule has 2 aromatic rings. The third-order valence-electron chi connectivity index (χ3n) is 2.32. The van der Waals surface area contributed by atoms with Gasteiger partial charge in [-0.3, -0.25) is 0 Å². The molecule has 0 fully saturated rings. The summed E-state index contributed by atoms with van der Waals surface area (Å²) in [5, 5.41) is 1.30. The van der Waals surface area contributed by atoms with Gasteiger partial charge in [-0.2, -0.15) is 0 Å². The summed E-state index contributed by atoms with van der Waals surface area (Å²) in [7, 11) is 1.63. The van der Waals surface area contributed by atoms with Crippen molar-refractivity contribution in [1.29, 1.82) is 0 Å². The van der Waals surface area contributed by atoms with Crippen LogP contribution in [0.25, 0.3) is 10.9 Å². The molecule has 0 aliphatic rings. The summed E-state index contributed by atoms with van der Waals surface area (Å²) < 4.78 is 0. The Labute approximate surface area is 83.0 Å². The number of benzene rings is 1. The monoisotopic (exact) mass is 190 g/mol. The number of fused-ring (bicyclic) bond motifs is 1. The van der Waals surface area contributed by atoms with E-state index in [4.69, 9.17) is 4.84 Å². The summed E-state index contributed by atoms with van der Waals surface area (Å²) in [6, 6.07) is 8.32. The second-order valence-electron chi connectivity index (χ2n) is 3.21. The molecule has 3 heteroatoms. The highest BCUT2D eigenvalue weighted by Gasteiger charge is 2.01. The first-order valence-electron chi connectivity index (χ1n) is 4.72. The third kappa shape index (κ3) is 1.78. The van der Waals surface area contributed by atoms with Gasteiger partial charge >= 0.3 is 0 Å². The van der Waals surface area contributed by atoms with Gasteiger partial charge < -0.3 is 9.82 Å². The quantitative estimate of drug-likeness (QED) is 0.570. The van der Waals surface area contributed by atoms with Crippen LogP contribution in [0.4, 0.5) is 0 Å². The maximum atomic E-state index is 4.79. The first-order chi connectivity index (χ1) is 6.92. The van der Waals surface area contributed by atoms with Crippen molar-refractivity contribution in [3.63, 3.8) is 0 Å². The molecule has 14 heavy (non-hydrogen) atoms. The van der Waals surface area contributed by atoms with Gasteiger partial charge in [-0.15, -0.1) is 0 Å². The minimum Gasteiger partial charge on any atom is -0.361 e. The molecule has 1 aromatic heterocycles. The minimum atomic E-state index is 0.832. The molecule has 0 radical (unpaired) electrons. The number of hydrogen-bond donors (Lipinski definition) is 2. The number of rotatable bonds is 4. The molecule has 1 heterocycles. The summed E-state index contributed by atoms with van der Waals surface area (Å²) in [6.45, 7) is 0.832. The fraction of sp³-hybridized carbons (Fsp3) is 0.273. The summed E-state index contributed by atoms with van der Waals surface area (Å²) in [6.07, 6.45) is 3.03. The Morgan fingerprint density at radius 3 is 3.07 bits per heavy atom. The van der Waals surface area contributed by atoms with E-state index in [1.165, 1.54) is 16.5 Å². The molecule has 0 amide bonds. The standard InChI is InChI=1S/C11H14N2O/c1-14-13-7-6-9-8-12-11-5-3-2-4-10(9)11/h2-5,8,12-13H,6-7H2,1H3. The highest BCUT2D eigenvalue weighted by Crippen LogP contribution is 2.17. The molecule has 2 N–H and O–H groups in total. The molecule has 0 unspecified atom stereocenters. The van der Waals surface area contributed by atoms with E-state index in [9.17, 15) is 0 Å². The van der Waals surface area contributed by atoms with Crippen LogP contribution in [0, 0.1) is 0 Å². The van der Waals surface area contributed by atoms with Gasteiger partial charge in [-0.25, -0.2) is 5.48 Å². The molecule has 74 valence electrons. The van der Waals surface area contributed by atoms with Crippen molar-refractivity contribution in [2.45, 2.75) is 6.42 Å². The van der Waals surface area contributed by atoms with Gasteiger partial charge in [0, 0.05) is 23.6 Å². The Morgan fingerprint density at radius 2 is 2.21 bits per heavy atom. The normalized spacial score (nSPS) is 10.9. The molecule has 3 nitrogen and oxygen atoms in total. The lowest BCUT2D eigenvalue weighted by Crippen LogP contribution is -2.14. The van der Waals surface area contributed by atoms with Crippen LogP contribution in [0.3, 0.4) is 0 Å². The van der Waals surface area contributed by atoms with E-state index in [0.29, 0.717) is 0 Å². The second kappa shape index (κ2) is 4.26.